The first-order chi connectivity index (χ1) is 9.40. The van der Waals surface area contributed by atoms with Gasteiger partial charge < -0.3 is 14.4 Å². The van der Waals surface area contributed by atoms with Crippen LogP contribution in [0.15, 0.2) is 0 Å². The minimum absolute atomic E-state index is 0.154. The van der Waals surface area contributed by atoms with Crippen molar-refractivity contribution in [3.05, 3.63) is 0 Å². The number of fused-ring (bicyclic) bond motifs is 3. The predicted molar refractivity (Wildman–Crippen MR) is 78.7 cm³/mol. The Morgan fingerprint density at radius 1 is 1.30 bits per heavy atom. The Morgan fingerprint density at radius 2 is 2.05 bits per heavy atom. The van der Waals surface area contributed by atoms with E-state index in [0.29, 0.717) is 18.1 Å². The summed E-state index contributed by atoms with van der Waals surface area (Å²) in [6.07, 6.45) is 5.75. The maximum Gasteiger partial charge on any atom is 0.410 e. The average Bonchev–Trinajstić information content (AvgIpc) is 2.37. The fourth-order valence-electron chi connectivity index (χ4n) is 3.19. The van der Waals surface area contributed by atoms with Crippen molar-refractivity contribution in [3.63, 3.8) is 0 Å². The summed E-state index contributed by atoms with van der Waals surface area (Å²) in [7, 11) is 0. The van der Waals surface area contributed by atoms with Crippen molar-refractivity contribution in [2.75, 3.05) is 13.2 Å². The topological polar surface area (TPSA) is 38.8 Å². The third kappa shape index (κ3) is 3.87. The van der Waals surface area contributed by atoms with E-state index in [4.69, 9.17) is 9.47 Å². The van der Waals surface area contributed by atoms with Crippen LogP contribution >= 0.6 is 0 Å². The molecular weight excluding hydrogens is 254 g/mol. The Kier molecular flexibility index (Phi) is 4.95. The van der Waals surface area contributed by atoms with Crippen molar-refractivity contribution in [2.45, 2.75) is 77.5 Å². The molecule has 0 N–H and O–H groups in total. The molecule has 3 rings (SSSR count). The standard InChI is InChI=1S/C16H29NO3/c1-5-6-9-19-14-10-13-8-7-12(14)11-17(13)15(18)20-16(2,3)4/h12-14H,5-11H2,1-4H3. The summed E-state index contributed by atoms with van der Waals surface area (Å²) in [5, 5.41) is 0. The summed E-state index contributed by atoms with van der Waals surface area (Å²) < 4.78 is 11.5. The lowest BCUT2D eigenvalue weighted by Crippen LogP contribution is -2.57. The van der Waals surface area contributed by atoms with Crippen LogP contribution in [0.5, 0.6) is 0 Å². The van der Waals surface area contributed by atoms with Crippen LogP contribution in [0, 0.1) is 5.92 Å². The molecule has 20 heavy (non-hydrogen) atoms. The van der Waals surface area contributed by atoms with Gasteiger partial charge in [-0.05, 0) is 46.5 Å². The van der Waals surface area contributed by atoms with Crippen molar-refractivity contribution < 1.29 is 14.3 Å². The van der Waals surface area contributed by atoms with Crippen LogP contribution in [0.4, 0.5) is 4.79 Å². The van der Waals surface area contributed by atoms with Gasteiger partial charge in [0.2, 0.25) is 0 Å². The molecule has 116 valence electrons. The molecule has 0 aromatic carbocycles. The molecule has 0 aromatic heterocycles. The van der Waals surface area contributed by atoms with E-state index in [0.717, 1.165) is 32.4 Å². The van der Waals surface area contributed by atoms with Gasteiger partial charge in [-0.15, -0.1) is 0 Å². The molecule has 1 amide bonds. The number of carbonyl (C=O) groups excluding carboxylic acids is 1. The van der Waals surface area contributed by atoms with E-state index in [-0.39, 0.29) is 6.09 Å². The fourth-order valence-corrected chi connectivity index (χ4v) is 3.19. The zero-order chi connectivity index (χ0) is 14.8. The van der Waals surface area contributed by atoms with Crippen LogP contribution in [0.25, 0.3) is 0 Å². The maximum absolute atomic E-state index is 12.2. The molecule has 2 bridgehead atoms. The monoisotopic (exact) mass is 283 g/mol. The first kappa shape index (κ1) is 15.6. The molecule has 0 radical (unpaired) electrons. The van der Waals surface area contributed by atoms with E-state index < -0.39 is 5.60 Å². The molecule has 1 saturated carbocycles. The molecule has 2 saturated heterocycles. The van der Waals surface area contributed by atoms with Gasteiger partial charge in [0.05, 0.1) is 6.10 Å². The molecule has 0 aromatic rings. The van der Waals surface area contributed by atoms with Gasteiger partial charge in [0.1, 0.15) is 5.60 Å². The van der Waals surface area contributed by atoms with Gasteiger partial charge in [-0.2, -0.15) is 0 Å². The van der Waals surface area contributed by atoms with E-state index in [2.05, 4.69) is 6.92 Å². The van der Waals surface area contributed by atoms with Gasteiger partial charge in [0.25, 0.3) is 0 Å². The zero-order valence-electron chi connectivity index (χ0n) is 13.4. The molecule has 0 spiro atoms. The number of nitrogens with zero attached hydrogens (tertiary/aromatic N) is 1. The highest BCUT2D eigenvalue weighted by atomic mass is 16.6. The van der Waals surface area contributed by atoms with Gasteiger partial charge in [-0.25, -0.2) is 4.79 Å². The lowest BCUT2D eigenvalue weighted by Gasteiger charge is -2.49. The van der Waals surface area contributed by atoms with E-state index in [1.807, 2.05) is 25.7 Å². The minimum atomic E-state index is -0.412. The van der Waals surface area contributed by atoms with E-state index in [1.54, 1.807) is 0 Å². The molecule has 3 unspecified atom stereocenters. The number of ether oxygens (including phenoxy) is 2. The maximum atomic E-state index is 12.2. The third-order valence-electron chi connectivity index (χ3n) is 4.23. The smallest absolute Gasteiger partial charge is 0.410 e. The van der Waals surface area contributed by atoms with Crippen molar-refractivity contribution in [1.82, 2.24) is 4.90 Å². The van der Waals surface area contributed by atoms with Crippen LogP contribution in [-0.2, 0) is 9.47 Å². The highest BCUT2D eigenvalue weighted by Crippen LogP contribution is 2.37. The summed E-state index contributed by atoms with van der Waals surface area (Å²) in [5.41, 5.74) is -0.412. The Hall–Kier alpha value is -0.770. The van der Waals surface area contributed by atoms with Gasteiger partial charge >= 0.3 is 6.09 Å². The Balaban J connectivity index is 1.87. The zero-order valence-corrected chi connectivity index (χ0v) is 13.4. The van der Waals surface area contributed by atoms with Crippen molar-refractivity contribution >= 4 is 6.09 Å². The van der Waals surface area contributed by atoms with Crippen LogP contribution in [0.2, 0.25) is 0 Å². The predicted octanol–water partition coefficient (Wildman–Crippen LogP) is 3.59. The number of rotatable bonds is 4. The van der Waals surface area contributed by atoms with Crippen LogP contribution < -0.4 is 0 Å². The fraction of sp³-hybridized carbons (Fsp3) is 0.938. The van der Waals surface area contributed by atoms with Gasteiger partial charge in [0, 0.05) is 25.1 Å². The number of hydrogen-bond acceptors (Lipinski definition) is 3. The second-order valence-corrected chi connectivity index (χ2v) is 7.12. The molecule has 4 heteroatoms. The summed E-state index contributed by atoms with van der Waals surface area (Å²) in [5.74, 6) is 0.490. The molecule has 3 aliphatic rings. The van der Waals surface area contributed by atoms with E-state index >= 15 is 0 Å². The minimum Gasteiger partial charge on any atom is -0.444 e. The second-order valence-electron chi connectivity index (χ2n) is 7.12. The van der Waals surface area contributed by atoms with Crippen LogP contribution in [0.1, 0.15) is 59.8 Å². The summed E-state index contributed by atoms with van der Waals surface area (Å²) in [6, 6.07) is 0.307. The molecule has 3 fully saturated rings. The summed E-state index contributed by atoms with van der Waals surface area (Å²) >= 11 is 0. The normalized spacial score (nSPS) is 29.6. The third-order valence-corrected chi connectivity index (χ3v) is 4.23. The molecule has 1 aliphatic carbocycles. The van der Waals surface area contributed by atoms with Crippen molar-refractivity contribution in [1.29, 1.82) is 0 Å². The SMILES string of the molecule is CCCCOC1CC2CCC1CN2C(=O)OC(C)(C)C. The number of carbonyl (C=O) groups is 1. The van der Waals surface area contributed by atoms with E-state index in [9.17, 15) is 4.79 Å². The number of hydrogen-bond donors (Lipinski definition) is 0. The van der Waals surface area contributed by atoms with Gasteiger partial charge in [0.15, 0.2) is 0 Å². The number of amides is 1. The van der Waals surface area contributed by atoms with Crippen LogP contribution in [0.3, 0.4) is 0 Å². The summed E-state index contributed by atoms with van der Waals surface area (Å²) in [4.78, 5) is 14.2. The second kappa shape index (κ2) is 6.33. The molecular formula is C16H29NO3. The quantitative estimate of drug-likeness (QED) is 0.740. The molecule has 2 heterocycles. The van der Waals surface area contributed by atoms with Gasteiger partial charge in [-0.1, -0.05) is 13.3 Å². The average molecular weight is 283 g/mol. The van der Waals surface area contributed by atoms with Gasteiger partial charge in [-0.3, -0.25) is 0 Å². The van der Waals surface area contributed by atoms with Crippen LogP contribution in [-0.4, -0.2) is 41.9 Å². The highest BCUT2D eigenvalue weighted by Gasteiger charge is 2.44. The van der Waals surface area contributed by atoms with E-state index in [1.165, 1.54) is 12.8 Å². The Morgan fingerprint density at radius 3 is 2.60 bits per heavy atom. The Bertz CT molecular complexity index is 337. The largest absolute Gasteiger partial charge is 0.444 e. The van der Waals surface area contributed by atoms with Crippen molar-refractivity contribution in [2.24, 2.45) is 5.92 Å². The molecule has 3 atom stereocenters. The Labute approximate surface area is 122 Å². The highest BCUT2D eigenvalue weighted by molar-refractivity contribution is 5.69. The first-order valence-corrected chi connectivity index (χ1v) is 8.02. The number of piperidine rings is 2. The summed E-state index contributed by atoms with van der Waals surface area (Å²) in [6.45, 7) is 9.60. The lowest BCUT2D eigenvalue weighted by atomic mass is 9.78. The lowest BCUT2D eigenvalue weighted by molar-refractivity contribution is -0.0882. The molecule has 4 nitrogen and oxygen atoms in total. The number of unbranched alkanes of at least 4 members (excludes halogenated alkanes) is 1. The first-order valence-electron chi connectivity index (χ1n) is 8.02. The van der Waals surface area contributed by atoms with Crippen molar-refractivity contribution in [3.8, 4) is 0 Å². The molecule has 2 aliphatic heterocycles.